The molecule has 4 amide bonds. The number of nitrogens with zero attached hydrogens (tertiary/aromatic N) is 2. The largest absolute Gasteiger partial charge is 0.508 e. The molecule has 0 radical (unpaired) electrons. The first-order valence-corrected chi connectivity index (χ1v) is 14.7. The Labute approximate surface area is 258 Å². The Morgan fingerprint density at radius 3 is 1.76 bits per heavy atom. The van der Waals surface area contributed by atoms with Gasteiger partial charge in [-0.15, -0.1) is 0 Å². The Hall–Kier alpha value is -4.55. The number of imide groups is 2. The molecule has 3 aromatic carbocycles. The monoisotopic (exact) mass is 606 g/mol. The molecule has 7 rings (SSSR count). The standard InChI is InChI=1S/C32H28B2N2O9/c37-21-9-1-4-16(12-21)26-22-10-11-23-27(31(40)35(29(23)38)19-7-2-5-17(13-19)33(42)43)24(22)15-25-28(26)32(41)36(30(25)39)20-8-3-6-18(14-20)34(44)45/h1-10,12-14,23-28,37,42-45H,11,15H2. The number of hydrogen-bond acceptors (Lipinski definition) is 9. The number of rotatable bonds is 5. The van der Waals surface area contributed by atoms with E-state index < -0.39 is 73.4 Å². The number of anilines is 2. The summed E-state index contributed by atoms with van der Waals surface area (Å²) in [7, 11) is -3.60. The van der Waals surface area contributed by atoms with Crippen LogP contribution >= 0.6 is 0 Å². The van der Waals surface area contributed by atoms with E-state index in [9.17, 15) is 44.4 Å². The van der Waals surface area contributed by atoms with Gasteiger partial charge in [0.15, 0.2) is 0 Å². The van der Waals surface area contributed by atoms with E-state index in [-0.39, 0.29) is 40.9 Å². The van der Waals surface area contributed by atoms with Crippen LogP contribution in [0.3, 0.4) is 0 Å². The second kappa shape index (κ2) is 10.8. The molecule has 6 atom stereocenters. The van der Waals surface area contributed by atoms with Crippen molar-refractivity contribution in [2.45, 2.75) is 18.8 Å². The van der Waals surface area contributed by atoms with Gasteiger partial charge in [-0.2, -0.15) is 0 Å². The third-order valence-corrected chi connectivity index (χ3v) is 9.73. The molecule has 11 nitrogen and oxygen atoms in total. The van der Waals surface area contributed by atoms with Crippen LogP contribution < -0.4 is 20.7 Å². The van der Waals surface area contributed by atoms with Gasteiger partial charge >= 0.3 is 14.2 Å². The Morgan fingerprint density at radius 1 is 0.622 bits per heavy atom. The molecule has 5 N–H and O–H groups in total. The maximum absolute atomic E-state index is 14.2. The summed E-state index contributed by atoms with van der Waals surface area (Å²) in [5.41, 5.74) is 2.00. The highest BCUT2D eigenvalue weighted by Crippen LogP contribution is 2.58. The van der Waals surface area contributed by atoms with Gasteiger partial charge in [0.1, 0.15) is 5.75 Å². The summed E-state index contributed by atoms with van der Waals surface area (Å²) in [4.78, 5) is 58.2. The van der Waals surface area contributed by atoms with Gasteiger partial charge in [-0.25, -0.2) is 0 Å². The van der Waals surface area contributed by atoms with Crippen molar-refractivity contribution in [3.63, 3.8) is 0 Å². The zero-order chi connectivity index (χ0) is 31.7. The fourth-order valence-corrected chi connectivity index (χ4v) is 7.84. The second-order valence-electron chi connectivity index (χ2n) is 12.1. The molecule has 2 aliphatic heterocycles. The smallest absolute Gasteiger partial charge is 0.488 e. The lowest BCUT2D eigenvalue weighted by atomic mass is 9.57. The van der Waals surface area contributed by atoms with Crippen molar-refractivity contribution < 1.29 is 44.4 Å². The molecule has 1 saturated carbocycles. The van der Waals surface area contributed by atoms with Gasteiger partial charge in [-0.1, -0.05) is 48.0 Å². The Kier molecular flexibility index (Phi) is 7.01. The number of carbonyl (C=O) groups excluding carboxylic acids is 4. The third-order valence-electron chi connectivity index (χ3n) is 9.73. The molecular formula is C32H28B2N2O9. The summed E-state index contributed by atoms with van der Waals surface area (Å²) in [5, 5.41) is 49.2. The summed E-state index contributed by atoms with van der Waals surface area (Å²) >= 11 is 0. The molecule has 13 heteroatoms. The lowest BCUT2D eigenvalue weighted by molar-refractivity contribution is -0.126. The van der Waals surface area contributed by atoms with Crippen molar-refractivity contribution in [1.29, 1.82) is 0 Å². The van der Waals surface area contributed by atoms with E-state index >= 15 is 0 Å². The maximum atomic E-state index is 14.2. The van der Waals surface area contributed by atoms with E-state index in [0.717, 1.165) is 15.4 Å². The molecule has 3 aromatic rings. The minimum Gasteiger partial charge on any atom is -0.508 e. The van der Waals surface area contributed by atoms with Gasteiger partial charge in [0.2, 0.25) is 23.6 Å². The van der Waals surface area contributed by atoms with Gasteiger partial charge in [-0.3, -0.25) is 29.0 Å². The van der Waals surface area contributed by atoms with Crippen molar-refractivity contribution >= 4 is 60.2 Å². The number of fused-ring (bicyclic) bond motifs is 4. The van der Waals surface area contributed by atoms with E-state index in [1.807, 2.05) is 6.08 Å². The molecule has 45 heavy (non-hydrogen) atoms. The van der Waals surface area contributed by atoms with Crippen LogP contribution in [0.2, 0.25) is 0 Å². The number of allylic oxidation sites excluding steroid dienone is 2. The molecule has 226 valence electrons. The van der Waals surface area contributed by atoms with Crippen LogP contribution in [0.15, 0.2) is 84.4 Å². The number of carbonyl (C=O) groups is 4. The van der Waals surface area contributed by atoms with Gasteiger partial charge < -0.3 is 25.2 Å². The lowest BCUT2D eigenvalue weighted by Crippen LogP contribution is -2.43. The van der Waals surface area contributed by atoms with Gasteiger partial charge in [-0.05, 0) is 71.6 Å². The number of hydrogen-bond donors (Lipinski definition) is 5. The Morgan fingerprint density at radius 2 is 1.18 bits per heavy atom. The summed E-state index contributed by atoms with van der Waals surface area (Å²) in [5.74, 6) is -6.32. The number of benzene rings is 3. The quantitative estimate of drug-likeness (QED) is 0.150. The topological polar surface area (TPSA) is 176 Å². The zero-order valence-corrected chi connectivity index (χ0v) is 23.8. The molecule has 2 saturated heterocycles. The van der Waals surface area contributed by atoms with Crippen LogP contribution in [0.1, 0.15) is 24.3 Å². The van der Waals surface area contributed by atoms with E-state index in [2.05, 4.69) is 0 Å². The molecule has 2 aliphatic carbocycles. The molecule has 0 bridgehead atoms. The van der Waals surface area contributed by atoms with Crippen molar-refractivity contribution in [2.24, 2.45) is 29.6 Å². The van der Waals surface area contributed by atoms with Crippen LogP contribution in [0.5, 0.6) is 5.75 Å². The Bertz CT molecular complexity index is 1790. The first-order valence-electron chi connectivity index (χ1n) is 14.7. The van der Waals surface area contributed by atoms with Crippen molar-refractivity contribution in [1.82, 2.24) is 0 Å². The lowest BCUT2D eigenvalue weighted by Gasteiger charge is -2.44. The zero-order valence-electron chi connectivity index (χ0n) is 23.8. The summed E-state index contributed by atoms with van der Waals surface area (Å²) in [6.07, 6.45) is 2.26. The van der Waals surface area contributed by atoms with Crippen LogP contribution in [-0.2, 0) is 19.2 Å². The van der Waals surface area contributed by atoms with Crippen LogP contribution in [0.4, 0.5) is 11.4 Å². The van der Waals surface area contributed by atoms with Crippen LogP contribution in [-0.4, -0.2) is 63.1 Å². The van der Waals surface area contributed by atoms with Crippen molar-refractivity contribution in [3.05, 3.63) is 90.0 Å². The SMILES string of the molecule is O=C1C2CC=C3C(CC4C(=O)N(c5cccc(B(O)O)c5)C(=O)C4C3c3cccc(O)c3)C2C(=O)N1c1cccc(B(O)O)c1. The van der Waals surface area contributed by atoms with Gasteiger partial charge in [0, 0.05) is 5.92 Å². The normalized spacial score (nSPS) is 27.2. The number of phenolic OH excluding ortho intramolecular Hbond substituents is 1. The molecule has 0 spiro atoms. The maximum Gasteiger partial charge on any atom is 0.488 e. The summed E-state index contributed by atoms with van der Waals surface area (Å²) in [6, 6.07) is 18.3. The first-order chi connectivity index (χ1) is 21.6. The average molecular weight is 606 g/mol. The number of phenols is 1. The molecule has 3 fully saturated rings. The highest BCUT2D eigenvalue weighted by atomic mass is 16.4. The van der Waals surface area contributed by atoms with Crippen molar-refractivity contribution in [2.75, 3.05) is 9.80 Å². The average Bonchev–Trinajstić information content (AvgIpc) is 3.43. The summed E-state index contributed by atoms with van der Waals surface area (Å²) in [6.45, 7) is 0. The number of amides is 4. The van der Waals surface area contributed by atoms with E-state index in [1.165, 1.54) is 42.5 Å². The Balaban J connectivity index is 1.31. The first kappa shape index (κ1) is 29.2. The summed E-state index contributed by atoms with van der Waals surface area (Å²) < 4.78 is 0. The minimum absolute atomic E-state index is 0.0250. The predicted molar refractivity (Wildman–Crippen MR) is 163 cm³/mol. The molecule has 2 heterocycles. The van der Waals surface area contributed by atoms with E-state index in [4.69, 9.17) is 0 Å². The number of aromatic hydroxyl groups is 1. The van der Waals surface area contributed by atoms with E-state index in [0.29, 0.717) is 5.56 Å². The highest BCUT2D eigenvalue weighted by molar-refractivity contribution is 6.59. The third kappa shape index (κ3) is 4.54. The molecule has 4 aliphatic rings. The second-order valence-corrected chi connectivity index (χ2v) is 12.1. The van der Waals surface area contributed by atoms with Crippen molar-refractivity contribution in [3.8, 4) is 5.75 Å². The van der Waals surface area contributed by atoms with E-state index in [1.54, 1.807) is 30.3 Å². The minimum atomic E-state index is -1.81. The van der Waals surface area contributed by atoms with Crippen LogP contribution in [0.25, 0.3) is 0 Å². The van der Waals surface area contributed by atoms with Crippen LogP contribution in [0, 0.1) is 29.6 Å². The predicted octanol–water partition coefficient (Wildman–Crippen LogP) is -0.203. The fourth-order valence-electron chi connectivity index (χ4n) is 7.84. The highest BCUT2D eigenvalue weighted by Gasteiger charge is 2.62. The van der Waals surface area contributed by atoms with Gasteiger partial charge in [0.25, 0.3) is 0 Å². The van der Waals surface area contributed by atoms with Gasteiger partial charge in [0.05, 0.1) is 35.0 Å². The fraction of sp³-hybridized carbons (Fsp3) is 0.250. The molecule has 6 unspecified atom stereocenters. The molecular weight excluding hydrogens is 578 g/mol. The molecule has 0 aromatic heterocycles.